The summed E-state index contributed by atoms with van der Waals surface area (Å²) < 4.78 is 25.4. The summed E-state index contributed by atoms with van der Waals surface area (Å²) in [4.78, 5) is 38.7. The number of hydrogen-bond donors (Lipinski definition) is 3. The van der Waals surface area contributed by atoms with Crippen molar-refractivity contribution < 1.29 is 38.0 Å². The maximum absolute atomic E-state index is 13.9. The molecule has 1 aromatic rings. The van der Waals surface area contributed by atoms with Crippen LogP contribution in [-0.2, 0) is 23.6 Å². The van der Waals surface area contributed by atoms with E-state index in [1.165, 1.54) is 5.01 Å². The molecule has 0 unspecified atom stereocenters. The average Bonchev–Trinajstić information content (AvgIpc) is 3.15. The SMILES string of the molecule is CC(C)[Si](Oc1cc(C=C(NC(=O)OC(C)(C)C)C(=O)N2CCC[C@@H](C(=O)O)N2)cc(B2OC(C)(C)C(C)(C)O2)c1)(C(C)C)C(C)C. The van der Waals surface area contributed by atoms with E-state index in [1.807, 2.05) is 45.9 Å². The Hall–Kier alpha value is -2.87. The molecule has 47 heavy (non-hydrogen) atoms. The lowest BCUT2D eigenvalue weighted by molar-refractivity contribution is -0.145. The van der Waals surface area contributed by atoms with E-state index in [0.29, 0.717) is 46.2 Å². The summed E-state index contributed by atoms with van der Waals surface area (Å²) in [6.07, 6.45) is 1.61. The summed E-state index contributed by atoms with van der Waals surface area (Å²) in [6.45, 7) is 26.7. The van der Waals surface area contributed by atoms with E-state index < -0.39 is 56.3 Å². The minimum Gasteiger partial charge on any atom is -0.543 e. The Bertz CT molecular complexity index is 1320. The standard InChI is InChI=1S/C34H56BN3O8Si/c1-21(2)47(22(3)4,23(5)6)44-26-18-24(17-25(20-26)35-45-33(10,11)34(12,13)46-35)19-28(36-31(42)43-32(7,8)9)29(39)38-16-14-15-27(37-38)30(40)41/h17-23,27,37H,14-16H2,1-13H3,(H,36,42)(H,40,41)/t27-/m0/s1. The number of rotatable bonds is 10. The Balaban J connectivity index is 2.19. The van der Waals surface area contributed by atoms with E-state index in [-0.39, 0.29) is 12.2 Å². The zero-order valence-electron chi connectivity index (χ0n) is 30.6. The third-order valence-electron chi connectivity index (χ3n) is 9.38. The van der Waals surface area contributed by atoms with Gasteiger partial charge in [0.15, 0.2) is 0 Å². The first-order valence-corrected chi connectivity index (χ1v) is 18.8. The Morgan fingerprint density at radius 2 is 1.57 bits per heavy atom. The Morgan fingerprint density at radius 3 is 2.06 bits per heavy atom. The van der Waals surface area contributed by atoms with Crippen molar-refractivity contribution in [1.82, 2.24) is 15.8 Å². The number of aliphatic carboxylic acids is 1. The molecule has 2 fully saturated rings. The van der Waals surface area contributed by atoms with Crippen molar-refractivity contribution in [3.8, 4) is 5.75 Å². The lowest BCUT2D eigenvalue weighted by Crippen LogP contribution is -2.56. The molecule has 1 aromatic carbocycles. The van der Waals surface area contributed by atoms with Crippen molar-refractivity contribution in [2.45, 2.75) is 142 Å². The number of hydrazine groups is 1. The number of carbonyl (C=O) groups is 3. The van der Waals surface area contributed by atoms with Gasteiger partial charge in [-0.3, -0.25) is 19.9 Å². The zero-order valence-corrected chi connectivity index (χ0v) is 31.6. The first-order chi connectivity index (χ1) is 21.5. The van der Waals surface area contributed by atoms with Crippen LogP contribution in [0, 0.1) is 0 Å². The fraction of sp³-hybridized carbons (Fsp3) is 0.676. The molecule has 2 saturated heterocycles. The molecular formula is C34H56BN3O8Si. The molecule has 2 aliphatic heterocycles. The molecule has 0 spiro atoms. The molecule has 0 radical (unpaired) electrons. The fourth-order valence-electron chi connectivity index (χ4n) is 6.45. The van der Waals surface area contributed by atoms with Crippen molar-refractivity contribution in [1.29, 1.82) is 0 Å². The van der Waals surface area contributed by atoms with Gasteiger partial charge < -0.3 is 23.6 Å². The molecule has 262 valence electrons. The summed E-state index contributed by atoms with van der Waals surface area (Å²) >= 11 is 0. The number of ether oxygens (including phenoxy) is 1. The second kappa shape index (κ2) is 14.3. The minimum absolute atomic E-state index is 0.0881. The van der Waals surface area contributed by atoms with Gasteiger partial charge in [-0.05, 0) is 107 Å². The number of nitrogens with zero attached hydrogens (tertiary/aromatic N) is 1. The number of carbonyl (C=O) groups excluding carboxylic acids is 2. The van der Waals surface area contributed by atoms with E-state index >= 15 is 0 Å². The third kappa shape index (κ3) is 8.98. The molecule has 11 nitrogen and oxygen atoms in total. The normalized spacial score (nSPS) is 20.2. The Kier molecular flexibility index (Phi) is 11.8. The van der Waals surface area contributed by atoms with Crippen LogP contribution < -0.4 is 20.6 Å². The van der Waals surface area contributed by atoms with E-state index in [2.05, 4.69) is 52.3 Å². The first-order valence-electron chi connectivity index (χ1n) is 16.7. The predicted molar refractivity (Wildman–Crippen MR) is 187 cm³/mol. The largest absolute Gasteiger partial charge is 0.543 e. The van der Waals surface area contributed by atoms with Gasteiger partial charge in [-0.15, -0.1) is 0 Å². The van der Waals surface area contributed by atoms with E-state index in [1.54, 1.807) is 26.8 Å². The van der Waals surface area contributed by atoms with Crippen molar-refractivity contribution in [3.05, 3.63) is 29.5 Å². The lowest BCUT2D eigenvalue weighted by atomic mass is 9.78. The highest BCUT2D eigenvalue weighted by Crippen LogP contribution is 2.43. The number of hydrogen-bond acceptors (Lipinski definition) is 8. The summed E-state index contributed by atoms with van der Waals surface area (Å²) in [5.41, 5.74) is 2.90. The number of carboxylic acids is 1. The number of amides is 2. The maximum atomic E-state index is 13.9. The molecule has 2 amide bonds. The average molecular weight is 674 g/mol. The molecule has 3 rings (SSSR count). The highest BCUT2D eigenvalue weighted by Gasteiger charge is 2.52. The van der Waals surface area contributed by atoms with Crippen LogP contribution in [-0.4, -0.2) is 72.9 Å². The van der Waals surface area contributed by atoms with Crippen molar-refractivity contribution >= 4 is 44.9 Å². The Labute approximate surface area is 282 Å². The highest BCUT2D eigenvalue weighted by atomic mass is 28.4. The van der Waals surface area contributed by atoms with Crippen LogP contribution in [0.15, 0.2) is 23.9 Å². The smallest absolute Gasteiger partial charge is 0.494 e. The molecule has 3 N–H and O–H groups in total. The van der Waals surface area contributed by atoms with E-state index in [9.17, 15) is 19.5 Å². The molecule has 1 atom stereocenters. The van der Waals surface area contributed by atoms with Crippen molar-refractivity contribution in [3.63, 3.8) is 0 Å². The Morgan fingerprint density at radius 1 is 1.02 bits per heavy atom. The quantitative estimate of drug-likeness (QED) is 0.202. The van der Waals surface area contributed by atoms with Gasteiger partial charge >= 0.3 is 19.2 Å². The van der Waals surface area contributed by atoms with Gasteiger partial charge in [0.1, 0.15) is 23.1 Å². The monoisotopic (exact) mass is 673 g/mol. The molecule has 2 aliphatic rings. The van der Waals surface area contributed by atoms with E-state index in [0.717, 1.165) is 0 Å². The molecule has 0 aromatic heterocycles. The van der Waals surface area contributed by atoms with Gasteiger partial charge in [-0.1, -0.05) is 47.6 Å². The number of carboxylic acid groups (broad SMARTS) is 1. The van der Waals surface area contributed by atoms with Gasteiger partial charge in [-0.25, -0.2) is 10.2 Å². The minimum atomic E-state index is -2.40. The molecule has 0 bridgehead atoms. The van der Waals surface area contributed by atoms with Gasteiger partial charge in [0.25, 0.3) is 14.2 Å². The summed E-state index contributed by atoms with van der Waals surface area (Å²) in [5.74, 6) is -1.03. The second-order valence-corrected chi connectivity index (χ2v) is 21.0. The fourth-order valence-corrected chi connectivity index (χ4v) is 11.7. The van der Waals surface area contributed by atoms with Crippen LogP contribution in [0.1, 0.15) is 108 Å². The summed E-state index contributed by atoms with van der Waals surface area (Å²) in [5, 5.41) is 13.5. The van der Waals surface area contributed by atoms with Crippen molar-refractivity contribution in [2.24, 2.45) is 0 Å². The van der Waals surface area contributed by atoms with Gasteiger partial charge in [0, 0.05) is 6.54 Å². The van der Waals surface area contributed by atoms with Crippen LogP contribution in [0.4, 0.5) is 4.79 Å². The van der Waals surface area contributed by atoms with Gasteiger partial charge in [0.05, 0.1) is 11.2 Å². The summed E-state index contributed by atoms with van der Waals surface area (Å²) in [6, 6.07) is 4.73. The number of nitrogens with one attached hydrogen (secondary N) is 2. The van der Waals surface area contributed by atoms with Crippen LogP contribution in [0.25, 0.3) is 6.08 Å². The molecule has 0 aliphatic carbocycles. The third-order valence-corrected chi connectivity index (χ3v) is 15.4. The number of alkyl carbamates (subject to hydrolysis) is 1. The summed E-state index contributed by atoms with van der Waals surface area (Å²) in [7, 11) is -3.11. The number of benzene rings is 1. The predicted octanol–water partition coefficient (Wildman–Crippen LogP) is 5.99. The van der Waals surface area contributed by atoms with Crippen LogP contribution in [0.3, 0.4) is 0 Å². The van der Waals surface area contributed by atoms with E-state index in [4.69, 9.17) is 18.5 Å². The topological polar surface area (TPSA) is 136 Å². The van der Waals surface area contributed by atoms with Gasteiger partial charge in [-0.2, -0.15) is 0 Å². The lowest BCUT2D eigenvalue weighted by Gasteiger charge is -2.42. The molecule has 2 heterocycles. The van der Waals surface area contributed by atoms with Crippen LogP contribution in [0.2, 0.25) is 16.6 Å². The molecular weight excluding hydrogens is 617 g/mol. The zero-order chi connectivity index (χ0) is 35.7. The molecule has 0 saturated carbocycles. The van der Waals surface area contributed by atoms with Crippen molar-refractivity contribution in [2.75, 3.05) is 6.54 Å². The second-order valence-electron chi connectivity index (χ2n) is 15.6. The van der Waals surface area contributed by atoms with Gasteiger partial charge in [0.2, 0.25) is 0 Å². The van der Waals surface area contributed by atoms with Crippen LogP contribution >= 0.6 is 0 Å². The first kappa shape index (κ1) is 38.6. The van der Waals surface area contributed by atoms with Crippen LogP contribution in [0.5, 0.6) is 5.75 Å². The molecule has 13 heteroatoms. The highest BCUT2D eigenvalue weighted by molar-refractivity contribution is 6.78. The maximum Gasteiger partial charge on any atom is 0.494 e.